The Hall–Kier alpha value is -1.23. The number of pyridine rings is 1. The van der Waals surface area contributed by atoms with Gasteiger partial charge in [0.25, 0.3) is 0 Å². The maximum absolute atomic E-state index is 6.40. The molecule has 4 heteroatoms. The molecule has 2 aromatic carbocycles. The zero-order chi connectivity index (χ0) is 14.8. The average molecular weight is 406 g/mol. The number of nitrogens with two attached hydrogens (primary N) is 1. The fourth-order valence-corrected chi connectivity index (χ4v) is 3.82. The van der Waals surface area contributed by atoms with Gasteiger partial charge in [-0.1, -0.05) is 56.1 Å². The Kier molecular flexibility index (Phi) is 4.38. The molecule has 0 saturated heterocycles. The molecule has 0 saturated carbocycles. The highest BCUT2D eigenvalue weighted by atomic mass is 79.9. The smallest absolute Gasteiger partial charge is 0.0704 e. The summed E-state index contributed by atoms with van der Waals surface area (Å²) in [5, 5.41) is 1.17. The van der Waals surface area contributed by atoms with E-state index in [1.165, 1.54) is 10.9 Å². The molecular weight excluding hydrogens is 392 g/mol. The number of rotatable bonds is 3. The largest absolute Gasteiger partial charge is 0.324 e. The van der Waals surface area contributed by atoms with Crippen LogP contribution in [0, 0.1) is 0 Å². The Morgan fingerprint density at radius 2 is 1.86 bits per heavy atom. The lowest BCUT2D eigenvalue weighted by Gasteiger charge is -2.15. The van der Waals surface area contributed by atoms with Crippen LogP contribution in [0.15, 0.2) is 63.7 Å². The van der Waals surface area contributed by atoms with Crippen LogP contribution in [0.4, 0.5) is 0 Å². The second-order valence-electron chi connectivity index (χ2n) is 4.96. The minimum atomic E-state index is -0.0571. The molecule has 21 heavy (non-hydrogen) atoms. The second-order valence-corrected chi connectivity index (χ2v) is 6.73. The van der Waals surface area contributed by atoms with Crippen LogP contribution in [0.5, 0.6) is 0 Å². The third kappa shape index (κ3) is 3.18. The molecule has 0 aliphatic rings. The van der Waals surface area contributed by atoms with Gasteiger partial charge in [0.15, 0.2) is 0 Å². The lowest BCUT2D eigenvalue weighted by Crippen LogP contribution is -2.14. The number of fused-ring (bicyclic) bond motifs is 1. The van der Waals surface area contributed by atoms with Crippen molar-refractivity contribution >= 4 is 42.8 Å². The highest BCUT2D eigenvalue weighted by Gasteiger charge is 2.12. The molecule has 0 aliphatic heterocycles. The van der Waals surface area contributed by atoms with Gasteiger partial charge >= 0.3 is 0 Å². The fourth-order valence-electron chi connectivity index (χ4n) is 2.48. The van der Waals surface area contributed by atoms with Gasteiger partial charge in [-0.05, 0) is 41.8 Å². The molecule has 0 fully saturated rings. The first kappa shape index (κ1) is 14.7. The highest BCUT2D eigenvalue weighted by Crippen LogP contribution is 2.29. The minimum Gasteiger partial charge on any atom is -0.324 e. The standard InChI is InChI=1S/C17H14Br2N2/c18-12-5-6-14(15(19)10-12)16(20)9-11-7-8-21-17-4-2-1-3-13(11)17/h1-8,10,16H,9,20H2. The van der Waals surface area contributed by atoms with Crippen LogP contribution in [-0.2, 0) is 6.42 Å². The van der Waals surface area contributed by atoms with E-state index in [9.17, 15) is 0 Å². The number of hydrogen-bond acceptors (Lipinski definition) is 2. The quantitative estimate of drug-likeness (QED) is 0.665. The summed E-state index contributed by atoms with van der Waals surface area (Å²) in [5.74, 6) is 0. The lowest BCUT2D eigenvalue weighted by atomic mass is 9.97. The molecule has 106 valence electrons. The zero-order valence-corrected chi connectivity index (χ0v) is 14.4. The minimum absolute atomic E-state index is 0.0571. The molecule has 0 bridgehead atoms. The van der Waals surface area contributed by atoms with Gasteiger partial charge in [0.05, 0.1) is 5.52 Å². The van der Waals surface area contributed by atoms with E-state index in [0.29, 0.717) is 0 Å². The number of para-hydroxylation sites is 1. The van der Waals surface area contributed by atoms with E-state index in [1.807, 2.05) is 36.5 Å². The zero-order valence-electron chi connectivity index (χ0n) is 11.3. The van der Waals surface area contributed by atoms with Gasteiger partial charge in [-0.2, -0.15) is 0 Å². The monoisotopic (exact) mass is 404 g/mol. The van der Waals surface area contributed by atoms with Crippen molar-refractivity contribution in [1.82, 2.24) is 4.98 Å². The van der Waals surface area contributed by atoms with E-state index in [4.69, 9.17) is 5.73 Å². The molecule has 0 aliphatic carbocycles. The Morgan fingerprint density at radius 3 is 2.67 bits per heavy atom. The Bertz CT molecular complexity index is 781. The predicted octanol–water partition coefficient (Wildman–Crippen LogP) is 5.00. The van der Waals surface area contributed by atoms with Crippen molar-refractivity contribution in [3.05, 3.63) is 74.8 Å². The first-order chi connectivity index (χ1) is 10.1. The summed E-state index contributed by atoms with van der Waals surface area (Å²) in [4.78, 5) is 4.39. The van der Waals surface area contributed by atoms with Gasteiger partial charge < -0.3 is 5.73 Å². The van der Waals surface area contributed by atoms with Crippen LogP contribution < -0.4 is 5.73 Å². The molecule has 1 atom stereocenters. The van der Waals surface area contributed by atoms with E-state index < -0.39 is 0 Å². The molecule has 3 rings (SSSR count). The second kappa shape index (κ2) is 6.26. The highest BCUT2D eigenvalue weighted by molar-refractivity contribution is 9.11. The molecule has 3 aromatic rings. The van der Waals surface area contributed by atoms with E-state index in [1.54, 1.807) is 0 Å². The Labute approximate surface area is 140 Å². The summed E-state index contributed by atoms with van der Waals surface area (Å²) in [5.41, 5.74) is 9.75. The van der Waals surface area contributed by atoms with E-state index in [0.717, 1.165) is 26.4 Å². The molecule has 1 heterocycles. The van der Waals surface area contributed by atoms with Crippen molar-refractivity contribution in [3.63, 3.8) is 0 Å². The first-order valence-corrected chi connectivity index (χ1v) is 8.27. The van der Waals surface area contributed by atoms with Crippen molar-refractivity contribution in [2.45, 2.75) is 12.5 Å². The third-order valence-electron chi connectivity index (χ3n) is 3.54. The van der Waals surface area contributed by atoms with Gasteiger partial charge in [-0.25, -0.2) is 0 Å². The van der Waals surface area contributed by atoms with Crippen LogP contribution in [0.2, 0.25) is 0 Å². The van der Waals surface area contributed by atoms with Crippen LogP contribution in [0.25, 0.3) is 10.9 Å². The van der Waals surface area contributed by atoms with Crippen LogP contribution in [0.1, 0.15) is 17.2 Å². The number of benzene rings is 2. The van der Waals surface area contributed by atoms with Crippen molar-refractivity contribution < 1.29 is 0 Å². The number of hydrogen-bond donors (Lipinski definition) is 1. The third-order valence-corrected chi connectivity index (χ3v) is 4.72. The maximum Gasteiger partial charge on any atom is 0.0704 e. The van der Waals surface area contributed by atoms with Gasteiger partial charge in [-0.15, -0.1) is 0 Å². The SMILES string of the molecule is NC(Cc1ccnc2ccccc12)c1ccc(Br)cc1Br. The molecule has 0 radical (unpaired) electrons. The average Bonchev–Trinajstić information content (AvgIpc) is 2.47. The van der Waals surface area contributed by atoms with Crippen molar-refractivity contribution in [2.75, 3.05) is 0 Å². The van der Waals surface area contributed by atoms with Crippen molar-refractivity contribution in [3.8, 4) is 0 Å². The van der Waals surface area contributed by atoms with Gasteiger partial charge in [0, 0.05) is 26.6 Å². The summed E-state index contributed by atoms with van der Waals surface area (Å²) >= 11 is 7.05. The van der Waals surface area contributed by atoms with E-state index in [-0.39, 0.29) is 6.04 Å². The van der Waals surface area contributed by atoms with Crippen LogP contribution in [0.3, 0.4) is 0 Å². The van der Waals surface area contributed by atoms with Gasteiger partial charge in [0.1, 0.15) is 0 Å². The van der Waals surface area contributed by atoms with Gasteiger partial charge in [0.2, 0.25) is 0 Å². The normalized spacial score (nSPS) is 12.5. The maximum atomic E-state index is 6.40. The van der Waals surface area contributed by atoms with Crippen LogP contribution >= 0.6 is 31.9 Å². The summed E-state index contributed by atoms with van der Waals surface area (Å²) in [6.07, 6.45) is 2.63. The van der Waals surface area contributed by atoms with E-state index >= 15 is 0 Å². The number of nitrogens with zero attached hydrogens (tertiary/aromatic N) is 1. The number of halogens is 2. The molecule has 0 amide bonds. The molecule has 1 aromatic heterocycles. The molecule has 0 spiro atoms. The molecule has 1 unspecified atom stereocenters. The topological polar surface area (TPSA) is 38.9 Å². The summed E-state index contributed by atoms with van der Waals surface area (Å²) in [6, 6.07) is 16.3. The molecule has 2 nitrogen and oxygen atoms in total. The Balaban J connectivity index is 1.94. The summed E-state index contributed by atoms with van der Waals surface area (Å²) in [7, 11) is 0. The van der Waals surface area contributed by atoms with Crippen LogP contribution in [-0.4, -0.2) is 4.98 Å². The van der Waals surface area contributed by atoms with Gasteiger partial charge in [-0.3, -0.25) is 4.98 Å². The van der Waals surface area contributed by atoms with E-state index in [2.05, 4.69) is 55.0 Å². The van der Waals surface area contributed by atoms with Crippen molar-refractivity contribution in [1.29, 1.82) is 0 Å². The summed E-state index contributed by atoms with van der Waals surface area (Å²) < 4.78 is 2.07. The van der Waals surface area contributed by atoms with Crippen molar-refractivity contribution in [2.24, 2.45) is 5.73 Å². The Morgan fingerprint density at radius 1 is 1.05 bits per heavy atom. The summed E-state index contributed by atoms with van der Waals surface area (Å²) in [6.45, 7) is 0. The molecule has 2 N–H and O–H groups in total. The molecular formula is C17H14Br2N2. The predicted molar refractivity (Wildman–Crippen MR) is 94.2 cm³/mol. The number of aromatic nitrogens is 1. The first-order valence-electron chi connectivity index (χ1n) is 6.68. The fraction of sp³-hybridized carbons (Fsp3) is 0.118. The lowest BCUT2D eigenvalue weighted by molar-refractivity contribution is 0.721.